The van der Waals surface area contributed by atoms with Crippen molar-refractivity contribution in [3.8, 4) is 5.75 Å². The number of rotatable bonds is 4. The maximum absolute atomic E-state index is 13.3. The molecule has 0 spiro atoms. The summed E-state index contributed by atoms with van der Waals surface area (Å²) in [7, 11) is 1.58. The van der Waals surface area contributed by atoms with Crippen LogP contribution in [0.5, 0.6) is 5.75 Å². The third-order valence-corrected chi connectivity index (χ3v) is 4.09. The fourth-order valence-electron chi connectivity index (χ4n) is 2.89. The summed E-state index contributed by atoms with van der Waals surface area (Å²) in [6.07, 6.45) is 2.38. The lowest BCUT2D eigenvalue weighted by Crippen LogP contribution is -2.32. The number of methoxy groups -OCH3 is 1. The van der Waals surface area contributed by atoms with Crippen molar-refractivity contribution in [2.24, 2.45) is 11.7 Å². The number of nitrogens with two attached hydrogens (primary N) is 1. The Morgan fingerprint density at radius 3 is 2.50 bits per heavy atom. The van der Waals surface area contributed by atoms with E-state index in [2.05, 4.69) is 5.10 Å². The van der Waals surface area contributed by atoms with Gasteiger partial charge in [-0.2, -0.15) is 5.10 Å². The molecule has 2 rings (SSSR count). The molecule has 1 aliphatic carbocycles. The zero-order chi connectivity index (χ0) is 14.9. The van der Waals surface area contributed by atoms with Crippen LogP contribution in [-0.4, -0.2) is 22.8 Å². The molecule has 0 amide bonds. The molecule has 1 atom stereocenters. The van der Waals surface area contributed by atoms with E-state index in [1.54, 1.807) is 13.3 Å². The van der Waals surface area contributed by atoms with Crippen LogP contribution in [0.3, 0.4) is 0 Å². The molecule has 114 valence electrons. The first-order chi connectivity index (χ1) is 9.35. The van der Waals surface area contributed by atoms with Crippen molar-refractivity contribution in [2.75, 3.05) is 7.11 Å². The third kappa shape index (κ3) is 2.95. The largest absolute Gasteiger partial charge is 0.493 e. The number of hydrogen-bond acceptors (Lipinski definition) is 3. The van der Waals surface area contributed by atoms with Gasteiger partial charge in [0.05, 0.1) is 25.0 Å². The van der Waals surface area contributed by atoms with Crippen LogP contribution in [0.15, 0.2) is 6.20 Å². The van der Waals surface area contributed by atoms with E-state index in [1.807, 2.05) is 18.5 Å². The minimum Gasteiger partial charge on any atom is -0.493 e. The Bertz CT molecular complexity index is 449. The molecule has 0 saturated heterocycles. The molecule has 1 saturated carbocycles. The average molecular weight is 287 g/mol. The van der Waals surface area contributed by atoms with E-state index in [9.17, 15) is 8.78 Å². The Hall–Kier alpha value is -1.17. The third-order valence-electron chi connectivity index (χ3n) is 4.09. The molecule has 4 nitrogen and oxygen atoms in total. The van der Waals surface area contributed by atoms with E-state index in [0.717, 1.165) is 5.69 Å². The van der Waals surface area contributed by atoms with Crippen molar-refractivity contribution >= 4 is 0 Å². The highest BCUT2D eigenvalue weighted by atomic mass is 19.3. The summed E-state index contributed by atoms with van der Waals surface area (Å²) >= 11 is 0. The van der Waals surface area contributed by atoms with E-state index in [-0.39, 0.29) is 30.8 Å². The zero-order valence-electron chi connectivity index (χ0n) is 12.3. The minimum absolute atomic E-state index is 0.0534. The highest BCUT2D eigenvalue weighted by Crippen LogP contribution is 2.42. The van der Waals surface area contributed by atoms with Gasteiger partial charge in [-0.05, 0) is 32.6 Å². The molecule has 0 aromatic carbocycles. The summed E-state index contributed by atoms with van der Waals surface area (Å²) in [5, 5.41) is 4.29. The second-order valence-electron chi connectivity index (χ2n) is 5.86. The predicted molar refractivity (Wildman–Crippen MR) is 73.0 cm³/mol. The van der Waals surface area contributed by atoms with Crippen molar-refractivity contribution in [3.63, 3.8) is 0 Å². The first-order valence-electron chi connectivity index (χ1n) is 7.10. The summed E-state index contributed by atoms with van der Waals surface area (Å²) in [4.78, 5) is 0. The van der Waals surface area contributed by atoms with E-state index in [0.29, 0.717) is 18.6 Å². The molecule has 0 radical (unpaired) electrons. The fourth-order valence-corrected chi connectivity index (χ4v) is 2.89. The molecule has 1 aromatic heterocycles. The summed E-state index contributed by atoms with van der Waals surface area (Å²) < 4.78 is 33.7. The standard InChI is InChI=1S/C14H23F2N3O/c1-9(2)19-13(11(20-3)8-18-19)12(17)10-4-6-14(15,16)7-5-10/h8-10,12H,4-7,17H2,1-3H3. The van der Waals surface area contributed by atoms with Crippen molar-refractivity contribution in [2.45, 2.75) is 57.5 Å². The van der Waals surface area contributed by atoms with Gasteiger partial charge in [0.2, 0.25) is 5.92 Å². The fraction of sp³-hybridized carbons (Fsp3) is 0.786. The second kappa shape index (κ2) is 5.68. The maximum Gasteiger partial charge on any atom is 0.248 e. The Morgan fingerprint density at radius 1 is 1.40 bits per heavy atom. The second-order valence-corrected chi connectivity index (χ2v) is 5.86. The molecule has 0 bridgehead atoms. The molecule has 2 N–H and O–H groups in total. The summed E-state index contributed by atoms with van der Waals surface area (Å²) in [5.74, 6) is -1.83. The van der Waals surface area contributed by atoms with Crippen molar-refractivity contribution in [1.29, 1.82) is 0 Å². The topological polar surface area (TPSA) is 53.1 Å². The van der Waals surface area contributed by atoms with Gasteiger partial charge < -0.3 is 10.5 Å². The summed E-state index contributed by atoms with van der Waals surface area (Å²) in [6.45, 7) is 4.02. The monoisotopic (exact) mass is 287 g/mol. The lowest BCUT2D eigenvalue weighted by Gasteiger charge is -2.32. The van der Waals surface area contributed by atoms with E-state index >= 15 is 0 Å². The minimum atomic E-state index is -2.53. The molecule has 1 aliphatic rings. The number of nitrogens with zero attached hydrogens (tertiary/aromatic N) is 2. The van der Waals surface area contributed by atoms with Crippen LogP contribution in [0.1, 0.15) is 57.3 Å². The van der Waals surface area contributed by atoms with Gasteiger partial charge >= 0.3 is 0 Å². The number of hydrogen-bond donors (Lipinski definition) is 1. The number of halogens is 2. The van der Waals surface area contributed by atoms with Crippen LogP contribution in [0, 0.1) is 5.92 Å². The van der Waals surface area contributed by atoms with Crippen LogP contribution in [0.4, 0.5) is 8.78 Å². The Kier molecular flexibility index (Phi) is 4.32. The molecule has 6 heteroatoms. The van der Waals surface area contributed by atoms with Crippen LogP contribution in [-0.2, 0) is 0 Å². The van der Waals surface area contributed by atoms with Crippen LogP contribution < -0.4 is 10.5 Å². The molecule has 1 fully saturated rings. The molecule has 1 heterocycles. The predicted octanol–water partition coefficient (Wildman–Crippen LogP) is 3.30. The molecule has 0 aliphatic heterocycles. The van der Waals surface area contributed by atoms with Gasteiger partial charge in [0.15, 0.2) is 5.75 Å². The van der Waals surface area contributed by atoms with Gasteiger partial charge in [-0.3, -0.25) is 4.68 Å². The lowest BCUT2D eigenvalue weighted by atomic mass is 9.81. The number of aromatic nitrogens is 2. The average Bonchev–Trinajstić information content (AvgIpc) is 2.81. The van der Waals surface area contributed by atoms with Gasteiger partial charge in [-0.1, -0.05) is 0 Å². The highest BCUT2D eigenvalue weighted by Gasteiger charge is 2.38. The van der Waals surface area contributed by atoms with E-state index < -0.39 is 5.92 Å². The van der Waals surface area contributed by atoms with Crippen molar-refractivity contribution in [1.82, 2.24) is 9.78 Å². The molecule has 20 heavy (non-hydrogen) atoms. The first-order valence-corrected chi connectivity index (χ1v) is 7.10. The normalized spacial score (nSPS) is 21.1. The Morgan fingerprint density at radius 2 is 2.00 bits per heavy atom. The zero-order valence-corrected chi connectivity index (χ0v) is 12.3. The van der Waals surface area contributed by atoms with Gasteiger partial charge in [-0.15, -0.1) is 0 Å². The molecule has 1 aromatic rings. The Labute approximate surface area is 118 Å². The quantitative estimate of drug-likeness (QED) is 0.924. The smallest absolute Gasteiger partial charge is 0.248 e. The molecular formula is C14H23F2N3O. The van der Waals surface area contributed by atoms with Crippen LogP contribution >= 0.6 is 0 Å². The maximum atomic E-state index is 13.3. The lowest BCUT2D eigenvalue weighted by molar-refractivity contribution is -0.0486. The summed E-state index contributed by atoms with van der Waals surface area (Å²) in [6, 6.07) is -0.157. The van der Waals surface area contributed by atoms with Gasteiger partial charge in [0, 0.05) is 18.9 Å². The highest BCUT2D eigenvalue weighted by molar-refractivity contribution is 5.29. The summed E-state index contributed by atoms with van der Waals surface area (Å²) in [5.41, 5.74) is 7.15. The number of ether oxygens (including phenoxy) is 1. The SMILES string of the molecule is COc1cnn(C(C)C)c1C(N)C1CCC(F)(F)CC1. The van der Waals surface area contributed by atoms with Gasteiger partial charge in [-0.25, -0.2) is 8.78 Å². The van der Waals surface area contributed by atoms with Crippen molar-refractivity contribution in [3.05, 3.63) is 11.9 Å². The van der Waals surface area contributed by atoms with E-state index in [1.165, 1.54) is 0 Å². The first kappa shape index (κ1) is 15.2. The molecule has 1 unspecified atom stereocenters. The van der Waals surface area contributed by atoms with Crippen LogP contribution in [0.25, 0.3) is 0 Å². The van der Waals surface area contributed by atoms with Crippen molar-refractivity contribution < 1.29 is 13.5 Å². The van der Waals surface area contributed by atoms with Gasteiger partial charge in [0.25, 0.3) is 0 Å². The molecular weight excluding hydrogens is 264 g/mol. The number of alkyl halides is 2. The van der Waals surface area contributed by atoms with E-state index in [4.69, 9.17) is 10.5 Å². The van der Waals surface area contributed by atoms with Gasteiger partial charge in [0.1, 0.15) is 0 Å². The Balaban J connectivity index is 2.20. The van der Waals surface area contributed by atoms with Crippen LogP contribution in [0.2, 0.25) is 0 Å².